The Morgan fingerprint density at radius 1 is 1.21 bits per heavy atom. The quantitative estimate of drug-likeness (QED) is 0.759. The number of amides is 2. The summed E-state index contributed by atoms with van der Waals surface area (Å²) in [4.78, 5) is 25.7. The van der Waals surface area contributed by atoms with Crippen molar-refractivity contribution in [2.45, 2.75) is 18.7 Å². The Balaban J connectivity index is 1.75. The molecule has 28 heavy (non-hydrogen) atoms. The van der Waals surface area contributed by atoms with Crippen LogP contribution in [0.4, 0.5) is 5.69 Å². The maximum Gasteiger partial charge on any atom is 0.250 e. The lowest BCUT2D eigenvalue weighted by Gasteiger charge is -2.40. The Hall–Kier alpha value is -2.74. The first-order valence-corrected chi connectivity index (χ1v) is 9.07. The molecule has 1 aliphatic rings. The second-order valence-electron chi connectivity index (χ2n) is 6.59. The summed E-state index contributed by atoms with van der Waals surface area (Å²) in [5, 5.41) is 12.7. The molecule has 0 spiro atoms. The average Bonchev–Trinajstić information content (AvgIpc) is 2.71. The lowest BCUT2D eigenvalue weighted by Crippen LogP contribution is -2.52. The third-order valence-corrected chi connectivity index (χ3v) is 4.64. The van der Waals surface area contributed by atoms with Crippen LogP contribution < -0.4 is 5.32 Å². The summed E-state index contributed by atoms with van der Waals surface area (Å²) in [6.07, 6.45) is -0.449. The monoisotopic (exact) mass is 384 g/mol. The van der Waals surface area contributed by atoms with Crippen LogP contribution in [0.25, 0.3) is 0 Å². The van der Waals surface area contributed by atoms with E-state index < -0.39 is 12.1 Å². The van der Waals surface area contributed by atoms with Gasteiger partial charge in [-0.3, -0.25) is 9.59 Å². The first-order valence-electron chi connectivity index (χ1n) is 9.07. The minimum atomic E-state index is -0.490. The first-order chi connectivity index (χ1) is 13.6. The molecular weight excluding hydrogens is 360 g/mol. The number of aliphatic hydroxyl groups excluding tert-OH is 1. The molecule has 0 aromatic heterocycles. The second-order valence-corrected chi connectivity index (χ2v) is 6.59. The number of carbonyl (C=O) groups excluding carboxylic acids is 2. The van der Waals surface area contributed by atoms with Crippen LogP contribution in [0.3, 0.4) is 0 Å². The molecule has 0 bridgehead atoms. The molecule has 2 N–H and O–H groups in total. The zero-order valence-electron chi connectivity index (χ0n) is 15.7. The molecule has 0 radical (unpaired) electrons. The molecule has 0 aliphatic carbocycles. The number of ether oxygens (including phenoxy) is 2. The first kappa shape index (κ1) is 20.0. The minimum absolute atomic E-state index is 0.0172. The molecule has 1 aliphatic heterocycles. The summed E-state index contributed by atoms with van der Waals surface area (Å²) in [6, 6.07) is 16.3. The van der Waals surface area contributed by atoms with Gasteiger partial charge in [-0.2, -0.15) is 0 Å². The predicted molar refractivity (Wildman–Crippen MR) is 104 cm³/mol. The summed E-state index contributed by atoms with van der Waals surface area (Å²) in [5.41, 5.74) is 2.46. The Kier molecular flexibility index (Phi) is 6.76. The van der Waals surface area contributed by atoms with Crippen molar-refractivity contribution in [3.05, 3.63) is 65.7 Å². The number of hydrogen-bond acceptors (Lipinski definition) is 5. The lowest BCUT2D eigenvalue weighted by molar-refractivity contribution is -0.162. The normalized spacial score (nSPS) is 19.5. The number of morpholine rings is 1. The molecule has 1 fully saturated rings. The Bertz CT molecular complexity index is 794. The summed E-state index contributed by atoms with van der Waals surface area (Å²) in [6.45, 7) is 0.141. The number of hydrogen-bond donors (Lipinski definition) is 2. The number of nitrogens with one attached hydrogen (secondary N) is 1. The number of nitrogens with zero attached hydrogens (tertiary/aromatic N) is 1. The van der Waals surface area contributed by atoms with Crippen molar-refractivity contribution < 1.29 is 24.2 Å². The molecular formula is C21H24N2O5. The van der Waals surface area contributed by atoms with Crippen LogP contribution >= 0.6 is 0 Å². The summed E-state index contributed by atoms with van der Waals surface area (Å²) in [5.74, 6) is -0.389. The molecule has 2 amide bonds. The van der Waals surface area contributed by atoms with E-state index in [0.717, 1.165) is 11.1 Å². The third kappa shape index (κ3) is 4.75. The third-order valence-electron chi connectivity index (χ3n) is 4.64. The highest BCUT2D eigenvalue weighted by Crippen LogP contribution is 2.30. The van der Waals surface area contributed by atoms with Gasteiger partial charge in [-0.25, -0.2) is 0 Å². The summed E-state index contributed by atoms with van der Waals surface area (Å²) >= 11 is 0. The molecule has 1 heterocycles. The maximum atomic E-state index is 12.4. The molecule has 2 atom stereocenters. The molecule has 148 valence electrons. The number of methoxy groups -OCH3 is 1. The van der Waals surface area contributed by atoms with Crippen LogP contribution in [0.15, 0.2) is 54.6 Å². The van der Waals surface area contributed by atoms with Crippen molar-refractivity contribution in [1.82, 2.24) is 4.90 Å². The molecule has 2 aromatic rings. The van der Waals surface area contributed by atoms with Crippen LogP contribution in [-0.4, -0.2) is 54.8 Å². The molecule has 2 aromatic carbocycles. The maximum absolute atomic E-state index is 12.4. The van der Waals surface area contributed by atoms with Crippen LogP contribution in [-0.2, 0) is 25.6 Å². The van der Waals surface area contributed by atoms with E-state index in [1.807, 2.05) is 42.5 Å². The van der Waals surface area contributed by atoms with E-state index in [2.05, 4.69) is 5.32 Å². The van der Waals surface area contributed by atoms with Gasteiger partial charge in [0.05, 0.1) is 12.6 Å². The van der Waals surface area contributed by atoms with Crippen LogP contribution in [0, 0.1) is 0 Å². The van der Waals surface area contributed by atoms with E-state index in [0.29, 0.717) is 12.2 Å². The molecule has 7 nitrogen and oxygen atoms in total. The van der Waals surface area contributed by atoms with E-state index >= 15 is 0 Å². The zero-order valence-corrected chi connectivity index (χ0v) is 15.7. The van der Waals surface area contributed by atoms with Crippen molar-refractivity contribution in [2.24, 2.45) is 0 Å². The topological polar surface area (TPSA) is 88.1 Å². The van der Waals surface area contributed by atoms with E-state index in [1.165, 1.54) is 7.11 Å². The van der Waals surface area contributed by atoms with Gasteiger partial charge in [-0.15, -0.1) is 0 Å². The van der Waals surface area contributed by atoms with Crippen LogP contribution in [0.2, 0.25) is 0 Å². The van der Waals surface area contributed by atoms with E-state index in [4.69, 9.17) is 9.47 Å². The van der Waals surface area contributed by atoms with Gasteiger partial charge in [0.25, 0.3) is 0 Å². The van der Waals surface area contributed by atoms with E-state index in [-0.39, 0.29) is 31.6 Å². The fraction of sp³-hybridized carbons (Fsp3) is 0.333. The fourth-order valence-electron chi connectivity index (χ4n) is 3.29. The molecule has 7 heteroatoms. The summed E-state index contributed by atoms with van der Waals surface area (Å²) in [7, 11) is 1.46. The largest absolute Gasteiger partial charge is 0.394 e. The van der Waals surface area contributed by atoms with E-state index in [9.17, 15) is 14.7 Å². The Morgan fingerprint density at radius 3 is 2.57 bits per heavy atom. The Labute approximate surface area is 163 Å². The SMILES string of the molecule is COCC(=O)Nc1ccc([C@H]2OCC(=O)N(Cc3ccccc3)[C@@H]2CO)cc1. The molecule has 1 saturated heterocycles. The van der Waals surface area contributed by atoms with Gasteiger partial charge in [0.1, 0.15) is 19.3 Å². The van der Waals surface area contributed by atoms with Crippen molar-refractivity contribution >= 4 is 17.5 Å². The standard InChI is InChI=1S/C21H24N2O5/c1-27-13-19(25)22-17-9-7-16(8-10-17)21-18(12-24)23(20(26)14-28-21)11-15-5-3-2-4-6-15/h2-10,18,21,24H,11-14H2,1H3,(H,22,25)/t18-,21-/m1/s1. The van der Waals surface area contributed by atoms with Crippen molar-refractivity contribution in [3.8, 4) is 0 Å². The average molecular weight is 384 g/mol. The number of anilines is 1. The van der Waals surface area contributed by atoms with Gasteiger partial charge in [0.15, 0.2) is 0 Å². The predicted octanol–water partition coefficient (Wildman–Crippen LogP) is 1.73. The Morgan fingerprint density at radius 2 is 1.93 bits per heavy atom. The van der Waals surface area contributed by atoms with Gasteiger partial charge in [0.2, 0.25) is 11.8 Å². The molecule has 0 saturated carbocycles. The minimum Gasteiger partial charge on any atom is -0.394 e. The van der Waals surface area contributed by atoms with Gasteiger partial charge in [0, 0.05) is 19.3 Å². The molecule has 3 rings (SSSR count). The van der Waals surface area contributed by atoms with Gasteiger partial charge in [-0.1, -0.05) is 42.5 Å². The zero-order chi connectivity index (χ0) is 19.9. The highest BCUT2D eigenvalue weighted by molar-refractivity contribution is 5.91. The van der Waals surface area contributed by atoms with Crippen molar-refractivity contribution in [2.75, 3.05) is 32.2 Å². The van der Waals surface area contributed by atoms with Gasteiger partial charge >= 0.3 is 0 Å². The van der Waals surface area contributed by atoms with E-state index in [1.54, 1.807) is 17.0 Å². The number of benzene rings is 2. The number of carbonyl (C=O) groups is 2. The second kappa shape index (κ2) is 9.45. The molecule has 0 unspecified atom stereocenters. The number of rotatable bonds is 7. The van der Waals surface area contributed by atoms with Crippen LogP contribution in [0.5, 0.6) is 0 Å². The van der Waals surface area contributed by atoms with Crippen LogP contribution in [0.1, 0.15) is 17.2 Å². The highest BCUT2D eigenvalue weighted by Gasteiger charge is 2.37. The number of aliphatic hydroxyl groups is 1. The van der Waals surface area contributed by atoms with Gasteiger partial charge < -0.3 is 24.8 Å². The highest BCUT2D eigenvalue weighted by atomic mass is 16.5. The smallest absolute Gasteiger partial charge is 0.250 e. The summed E-state index contributed by atoms with van der Waals surface area (Å²) < 4.78 is 10.5. The lowest BCUT2D eigenvalue weighted by atomic mass is 9.98. The van der Waals surface area contributed by atoms with Gasteiger partial charge in [-0.05, 0) is 23.3 Å². The van der Waals surface area contributed by atoms with Crippen molar-refractivity contribution in [1.29, 1.82) is 0 Å². The van der Waals surface area contributed by atoms with Crippen molar-refractivity contribution in [3.63, 3.8) is 0 Å². The fourth-order valence-corrected chi connectivity index (χ4v) is 3.29.